The quantitative estimate of drug-likeness (QED) is 0.866. The maximum atomic E-state index is 5.91. The molecule has 21 heavy (non-hydrogen) atoms. The van der Waals surface area contributed by atoms with Crippen molar-refractivity contribution in [2.75, 3.05) is 31.7 Å². The third-order valence-electron chi connectivity index (χ3n) is 3.69. The molecular weight excluding hydrogens is 266 g/mol. The summed E-state index contributed by atoms with van der Waals surface area (Å²) in [6.45, 7) is 4.27. The first kappa shape index (κ1) is 13.8. The largest absolute Gasteiger partial charge is 0.497 e. The predicted octanol–water partition coefficient (Wildman–Crippen LogP) is 2.37. The lowest BCUT2D eigenvalue weighted by Crippen LogP contribution is -2.39. The minimum absolute atomic E-state index is 0.0234. The molecule has 0 spiro atoms. The first-order chi connectivity index (χ1) is 10.3. The molecule has 2 aromatic rings. The second kappa shape index (κ2) is 6.10. The molecule has 5 heteroatoms. The van der Waals surface area contributed by atoms with E-state index in [1.165, 1.54) is 0 Å². The Balaban J connectivity index is 1.81. The summed E-state index contributed by atoms with van der Waals surface area (Å²) in [5.41, 5.74) is 2.07. The fourth-order valence-corrected chi connectivity index (χ4v) is 2.60. The highest BCUT2D eigenvalue weighted by Gasteiger charge is 2.24. The topological polar surface area (TPSA) is 47.5 Å². The van der Waals surface area contributed by atoms with Crippen molar-refractivity contribution in [1.82, 2.24) is 9.97 Å². The van der Waals surface area contributed by atoms with Crippen LogP contribution in [0, 0.1) is 6.92 Å². The number of aromatic nitrogens is 2. The first-order valence-corrected chi connectivity index (χ1v) is 7.06. The van der Waals surface area contributed by atoms with E-state index in [4.69, 9.17) is 9.47 Å². The summed E-state index contributed by atoms with van der Waals surface area (Å²) in [5, 5.41) is 0. The maximum absolute atomic E-state index is 5.91. The van der Waals surface area contributed by atoms with Crippen molar-refractivity contribution in [3.05, 3.63) is 47.9 Å². The molecule has 0 aliphatic carbocycles. The molecule has 1 unspecified atom stereocenters. The number of rotatable bonds is 3. The van der Waals surface area contributed by atoms with Crippen LogP contribution in [-0.4, -0.2) is 36.8 Å². The predicted molar refractivity (Wildman–Crippen MR) is 80.7 cm³/mol. The van der Waals surface area contributed by atoms with Crippen molar-refractivity contribution in [3.8, 4) is 5.75 Å². The Bertz CT molecular complexity index is 618. The molecule has 2 heterocycles. The number of hydrogen-bond donors (Lipinski definition) is 0. The van der Waals surface area contributed by atoms with E-state index in [9.17, 15) is 0 Å². The highest BCUT2D eigenvalue weighted by Crippen LogP contribution is 2.27. The smallest absolute Gasteiger partial charge is 0.150 e. The minimum atomic E-state index is 0.0234. The number of aryl methyl sites for hydroxylation is 1. The number of hydrogen-bond acceptors (Lipinski definition) is 5. The van der Waals surface area contributed by atoms with Crippen molar-refractivity contribution in [2.45, 2.75) is 13.0 Å². The van der Waals surface area contributed by atoms with E-state index >= 15 is 0 Å². The van der Waals surface area contributed by atoms with Crippen LogP contribution in [-0.2, 0) is 4.74 Å². The normalized spacial score (nSPS) is 18.6. The van der Waals surface area contributed by atoms with E-state index in [2.05, 4.69) is 20.9 Å². The van der Waals surface area contributed by atoms with Gasteiger partial charge in [-0.2, -0.15) is 0 Å². The number of ether oxygens (including phenoxy) is 2. The molecule has 3 rings (SSSR count). The van der Waals surface area contributed by atoms with Gasteiger partial charge < -0.3 is 14.4 Å². The van der Waals surface area contributed by atoms with E-state index in [-0.39, 0.29) is 6.10 Å². The number of anilines is 1. The summed E-state index contributed by atoms with van der Waals surface area (Å²) in [7, 11) is 1.68. The zero-order valence-corrected chi connectivity index (χ0v) is 12.3. The zero-order valence-electron chi connectivity index (χ0n) is 12.3. The third-order valence-corrected chi connectivity index (χ3v) is 3.69. The highest BCUT2D eigenvalue weighted by atomic mass is 16.5. The molecule has 110 valence electrons. The van der Waals surface area contributed by atoms with Crippen LogP contribution in [0.1, 0.15) is 17.4 Å². The summed E-state index contributed by atoms with van der Waals surface area (Å²) in [6, 6.07) is 8.03. The van der Waals surface area contributed by atoms with Crippen molar-refractivity contribution in [1.29, 1.82) is 0 Å². The SMILES string of the molecule is COc1cccc(C2CN(c3nccnc3C)CCO2)c1. The lowest BCUT2D eigenvalue weighted by atomic mass is 10.1. The summed E-state index contributed by atoms with van der Waals surface area (Å²) >= 11 is 0. The minimum Gasteiger partial charge on any atom is -0.497 e. The fraction of sp³-hybridized carbons (Fsp3) is 0.375. The second-order valence-electron chi connectivity index (χ2n) is 5.05. The molecule has 0 radical (unpaired) electrons. The van der Waals surface area contributed by atoms with Crippen LogP contribution in [0.3, 0.4) is 0 Å². The number of morpholine rings is 1. The van der Waals surface area contributed by atoms with Gasteiger partial charge in [0.25, 0.3) is 0 Å². The van der Waals surface area contributed by atoms with Crippen molar-refractivity contribution in [3.63, 3.8) is 0 Å². The Morgan fingerprint density at radius 1 is 1.29 bits per heavy atom. The third kappa shape index (κ3) is 2.97. The van der Waals surface area contributed by atoms with Crippen LogP contribution in [0.4, 0.5) is 5.82 Å². The lowest BCUT2D eigenvalue weighted by molar-refractivity contribution is 0.0393. The molecule has 0 saturated carbocycles. The number of benzene rings is 1. The Hall–Kier alpha value is -2.14. The van der Waals surface area contributed by atoms with E-state index in [0.717, 1.165) is 35.9 Å². The Morgan fingerprint density at radius 3 is 2.95 bits per heavy atom. The van der Waals surface area contributed by atoms with Crippen LogP contribution in [0.15, 0.2) is 36.7 Å². The molecule has 0 amide bonds. The molecule has 1 aliphatic rings. The van der Waals surface area contributed by atoms with Crippen LogP contribution in [0.5, 0.6) is 5.75 Å². The van der Waals surface area contributed by atoms with Crippen molar-refractivity contribution < 1.29 is 9.47 Å². The monoisotopic (exact) mass is 285 g/mol. The first-order valence-electron chi connectivity index (χ1n) is 7.06. The molecule has 1 aliphatic heterocycles. The molecule has 1 saturated heterocycles. The number of methoxy groups -OCH3 is 1. The van der Waals surface area contributed by atoms with Crippen molar-refractivity contribution in [2.24, 2.45) is 0 Å². The lowest BCUT2D eigenvalue weighted by Gasteiger charge is -2.34. The van der Waals surface area contributed by atoms with Crippen LogP contribution in [0.2, 0.25) is 0 Å². The fourth-order valence-electron chi connectivity index (χ4n) is 2.60. The van der Waals surface area contributed by atoms with Gasteiger partial charge in [0.2, 0.25) is 0 Å². The Labute approximate surface area is 124 Å². The van der Waals surface area contributed by atoms with Crippen LogP contribution < -0.4 is 9.64 Å². The Kier molecular flexibility index (Phi) is 4.01. The number of nitrogens with zero attached hydrogens (tertiary/aromatic N) is 3. The van der Waals surface area contributed by atoms with Gasteiger partial charge in [-0.1, -0.05) is 12.1 Å². The summed E-state index contributed by atoms with van der Waals surface area (Å²) in [5.74, 6) is 1.79. The van der Waals surface area contributed by atoms with Gasteiger partial charge in [0, 0.05) is 25.5 Å². The maximum Gasteiger partial charge on any atom is 0.150 e. The molecule has 0 bridgehead atoms. The van der Waals surface area contributed by atoms with Gasteiger partial charge in [-0.3, -0.25) is 4.98 Å². The van der Waals surface area contributed by atoms with Gasteiger partial charge in [0.1, 0.15) is 17.7 Å². The average molecular weight is 285 g/mol. The molecule has 5 nitrogen and oxygen atoms in total. The van der Waals surface area contributed by atoms with Gasteiger partial charge in [-0.05, 0) is 24.6 Å². The van der Waals surface area contributed by atoms with Crippen molar-refractivity contribution >= 4 is 5.82 Å². The molecule has 1 atom stereocenters. The molecule has 1 fully saturated rings. The molecular formula is C16H19N3O2. The second-order valence-corrected chi connectivity index (χ2v) is 5.05. The van der Waals surface area contributed by atoms with Gasteiger partial charge in [-0.25, -0.2) is 4.98 Å². The summed E-state index contributed by atoms with van der Waals surface area (Å²) in [6.07, 6.45) is 3.48. The summed E-state index contributed by atoms with van der Waals surface area (Å²) < 4.78 is 11.2. The highest BCUT2D eigenvalue weighted by molar-refractivity contribution is 5.43. The van der Waals surface area contributed by atoms with Crippen LogP contribution in [0.25, 0.3) is 0 Å². The molecule has 1 aromatic carbocycles. The molecule has 1 aromatic heterocycles. The zero-order chi connectivity index (χ0) is 14.7. The van der Waals surface area contributed by atoms with Gasteiger partial charge in [-0.15, -0.1) is 0 Å². The summed E-state index contributed by atoms with van der Waals surface area (Å²) in [4.78, 5) is 11.0. The van der Waals surface area contributed by atoms with E-state index in [1.807, 2.05) is 25.1 Å². The van der Waals surface area contributed by atoms with E-state index in [0.29, 0.717) is 6.61 Å². The average Bonchev–Trinajstić information content (AvgIpc) is 2.55. The van der Waals surface area contributed by atoms with E-state index in [1.54, 1.807) is 19.5 Å². The Morgan fingerprint density at radius 2 is 2.14 bits per heavy atom. The standard InChI is InChI=1S/C16H19N3O2/c1-12-16(18-7-6-17-12)19-8-9-21-15(11-19)13-4-3-5-14(10-13)20-2/h3-7,10,15H,8-9,11H2,1-2H3. The van der Waals surface area contributed by atoms with Crippen LogP contribution >= 0.6 is 0 Å². The van der Waals surface area contributed by atoms with E-state index < -0.39 is 0 Å². The van der Waals surface area contributed by atoms with Gasteiger partial charge in [0.15, 0.2) is 0 Å². The molecule has 0 N–H and O–H groups in total. The van der Waals surface area contributed by atoms with Gasteiger partial charge >= 0.3 is 0 Å². The van der Waals surface area contributed by atoms with Gasteiger partial charge in [0.05, 0.1) is 19.4 Å².